The molecule has 70 valence electrons. The molecule has 2 heterocycles. The fourth-order valence-corrected chi connectivity index (χ4v) is 1.50. The Hall–Kier alpha value is -1.59. The van der Waals surface area contributed by atoms with E-state index >= 15 is 0 Å². The zero-order chi connectivity index (χ0) is 9.26. The molecule has 0 spiro atoms. The Morgan fingerprint density at radius 2 is 2.23 bits per heavy atom. The summed E-state index contributed by atoms with van der Waals surface area (Å²) in [7, 11) is 0. The highest BCUT2D eigenvalue weighted by atomic mass is 16.6. The summed E-state index contributed by atoms with van der Waals surface area (Å²) in [4.78, 5) is 11.9. The molecule has 1 aliphatic heterocycles. The Labute approximate surface area is 74.7 Å². The lowest BCUT2D eigenvalue weighted by Crippen LogP contribution is -2.17. The first-order valence-corrected chi connectivity index (χ1v) is 4.22. The number of hydrogen-bond donors (Lipinski definition) is 1. The third kappa shape index (κ3) is 1.47. The molecule has 0 atom stereocenters. The highest BCUT2D eigenvalue weighted by molar-refractivity contribution is 5.44. The second-order valence-electron chi connectivity index (χ2n) is 3.06. The van der Waals surface area contributed by atoms with E-state index in [1.165, 1.54) is 6.07 Å². The number of aromatic amines is 1. The minimum Gasteiger partial charge on any atom is -0.358 e. The first-order valence-electron chi connectivity index (χ1n) is 4.22. The van der Waals surface area contributed by atoms with Gasteiger partial charge >= 0.3 is 5.82 Å². The number of H-pyrrole nitrogens is 1. The lowest BCUT2D eigenvalue weighted by molar-refractivity contribution is -0.389. The van der Waals surface area contributed by atoms with Crippen molar-refractivity contribution in [2.24, 2.45) is 0 Å². The topological polar surface area (TPSA) is 75.1 Å². The van der Waals surface area contributed by atoms with Crippen molar-refractivity contribution in [1.29, 1.82) is 0 Å². The Morgan fingerprint density at radius 3 is 2.77 bits per heavy atom. The van der Waals surface area contributed by atoms with E-state index in [2.05, 4.69) is 10.2 Å². The second kappa shape index (κ2) is 3.04. The molecule has 6 heteroatoms. The first kappa shape index (κ1) is 8.03. The number of rotatable bonds is 2. The van der Waals surface area contributed by atoms with Crippen LogP contribution in [-0.4, -0.2) is 28.2 Å². The average molecular weight is 182 g/mol. The third-order valence-electron chi connectivity index (χ3n) is 2.18. The van der Waals surface area contributed by atoms with Gasteiger partial charge in [0, 0.05) is 13.1 Å². The Bertz CT molecular complexity index is 316. The molecular formula is C7H10N4O2. The highest BCUT2D eigenvalue weighted by Crippen LogP contribution is 2.20. The molecule has 1 fully saturated rings. The van der Waals surface area contributed by atoms with Crippen molar-refractivity contribution in [3.05, 3.63) is 16.2 Å². The summed E-state index contributed by atoms with van der Waals surface area (Å²) in [6, 6.07) is 1.48. The van der Waals surface area contributed by atoms with E-state index in [0.29, 0.717) is 5.82 Å². The molecule has 2 rings (SSSR count). The molecule has 0 unspecified atom stereocenters. The minimum atomic E-state index is -0.466. The molecule has 1 saturated heterocycles. The lowest BCUT2D eigenvalue weighted by Gasteiger charge is -2.10. The van der Waals surface area contributed by atoms with E-state index in [-0.39, 0.29) is 5.82 Å². The summed E-state index contributed by atoms with van der Waals surface area (Å²) in [6.07, 6.45) is 2.28. The van der Waals surface area contributed by atoms with Gasteiger partial charge in [-0.15, -0.1) is 5.10 Å². The molecule has 1 N–H and O–H groups in total. The molecule has 0 aromatic carbocycles. The van der Waals surface area contributed by atoms with E-state index in [4.69, 9.17) is 0 Å². The first-order chi connectivity index (χ1) is 6.27. The number of anilines is 1. The van der Waals surface area contributed by atoms with Gasteiger partial charge in [0.05, 0.1) is 6.07 Å². The summed E-state index contributed by atoms with van der Waals surface area (Å²) in [5.74, 6) is 0.645. The molecule has 0 amide bonds. The SMILES string of the molecule is O=[N+]([O-])c1cc(N2CCCC2)n[nH]1. The van der Waals surface area contributed by atoms with Gasteiger partial charge in [-0.25, -0.2) is 0 Å². The zero-order valence-corrected chi connectivity index (χ0v) is 7.06. The molecule has 6 nitrogen and oxygen atoms in total. The summed E-state index contributed by atoms with van der Waals surface area (Å²) in [5, 5.41) is 16.6. The third-order valence-corrected chi connectivity index (χ3v) is 2.18. The van der Waals surface area contributed by atoms with Gasteiger partial charge in [0.25, 0.3) is 0 Å². The van der Waals surface area contributed by atoms with Crippen molar-refractivity contribution in [2.75, 3.05) is 18.0 Å². The van der Waals surface area contributed by atoms with Crippen molar-refractivity contribution in [2.45, 2.75) is 12.8 Å². The maximum atomic E-state index is 10.3. The van der Waals surface area contributed by atoms with Crippen LogP contribution in [0, 0.1) is 10.1 Å². The number of nitrogens with zero attached hydrogens (tertiary/aromatic N) is 3. The van der Waals surface area contributed by atoms with Gasteiger partial charge in [-0.3, -0.25) is 0 Å². The molecule has 1 aromatic rings. The summed E-state index contributed by atoms with van der Waals surface area (Å²) in [5.41, 5.74) is 0. The predicted octanol–water partition coefficient (Wildman–Crippen LogP) is 0.918. The smallest absolute Gasteiger partial charge is 0.344 e. The Morgan fingerprint density at radius 1 is 1.54 bits per heavy atom. The van der Waals surface area contributed by atoms with E-state index in [9.17, 15) is 10.1 Å². The van der Waals surface area contributed by atoms with Crippen molar-refractivity contribution >= 4 is 11.6 Å². The fraction of sp³-hybridized carbons (Fsp3) is 0.571. The van der Waals surface area contributed by atoms with Gasteiger partial charge in [0.15, 0.2) is 5.82 Å². The normalized spacial score (nSPS) is 16.5. The molecule has 1 aliphatic rings. The van der Waals surface area contributed by atoms with Crippen LogP contribution in [-0.2, 0) is 0 Å². The van der Waals surface area contributed by atoms with Gasteiger partial charge in [-0.05, 0) is 17.8 Å². The van der Waals surface area contributed by atoms with Gasteiger partial charge < -0.3 is 15.0 Å². The van der Waals surface area contributed by atoms with Gasteiger partial charge in [0.2, 0.25) is 0 Å². The van der Waals surface area contributed by atoms with Gasteiger partial charge in [0.1, 0.15) is 0 Å². The van der Waals surface area contributed by atoms with E-state index in [1.54, 1.807) is 0 Å². The molecule has 0 radical (unpaired) electrons. The molecular weight excluding hydrogens is 172 g/mol. The van der Waals surface area contributed by atoms with Crippen molar-refractivity contribution in [3.63, 3.8) is 0 Å². The number of aromatic nitrogens is 2. The molecule has 0 aliphatic carbocycles. The van der Waals surface area contributed by atoms with Crippen molar-refractivity contribution in [1.82, 2.24) is 10.2 Å². The summed E-state index contributed by atoms with van der Waals surface area (Å²) < 4.78 is 0. The quantitative estimate of drug-likeness (QED) is 0.545. The van der Waals surface area contributed by atoms with Crippen LogP contribution in [0.3, 0.4) is 0 Å². The van der Waals surface area contributed by atoms with Crippen LogP contribution in [0.1, 0.15) is 12.8 Å². The standard InChI is InChI=1S/C7H10N4O2/c12-11(13)7-5-6(8-9-7)10-3-1-2-4-10/h5H,1-4H2,(H,8,9). The number of nitrogens with one attached hydrogen (secondary N) is 1. The Kier molecular flexibility index (Phi) is 1.88. The summed E-state index contributed by atoms with van der Waals surface area (Å²) >= 11 is 0. The highest BCUT2D eigenvalue weighted by Gasteiger charge is 2.18. The maximum absolute atomic E-state index is 10.3. The van der Waals surface area contributed by atoms with E-state index in [0.717, 1.165) is 25.9 Å². The number of nitro groups is 1. The molecule has 1 aromatic heterocycles. The maximum Gasteiger partial charge on any atom is 0.344 e. The minimum absolute atomic E-state index is 0.0399. The van der Waals surface area contributed by atoms with Crippen molar-refractivity contribution in [3.8, 4) is 0 Å². The van der Waals surface area contributed by atoms with Crippen molar-refractivity contribution < 1.29 is 4.92 Å². The molecule has 13 heavy (non-hydrogen) atoms. The summed E-state index contributed by atoms with van der Waals surface area (Å²) in [6.45, 7) is 1.89. The van der Waals surface area contributed by atoms with Crippen LogP contribution in [0.4, 0.5) is 11.6 Å². The predicted molar refractivity (Wildman–Crippen MR) is 46.7 cm³/mol. The number of hydrogen-bond acceptors (Lipinski definition) is 4. The van der Waals surface area contributed by atoms with E-state index in [1.807, 2.05) is 4.90 Å². The van der Waals surface area contributed by atoms with Crippen LogP contribution in [0.25, 0.3) is 0 Å². The van der Waals surface area contributed by atoms with Crippen LogP contribution in [0.15, 0.2) is 6.07 Å². The second-order valence-corrected chi connectivity index (χ2v) is 3.06. The zero-order valence-electron chi connectivity index (χ0n) is 7.06. The van der Waals surface area contributed by atoms with Crippen LogP contribution < -0.4 is 4.90 Å². The van der Waals surface area contributed by atoms with Crippen LogP contribution in [0.2, 0.25) is 0 Å². The largest absolute Gasteiger partial charge is 0.358 e. The van der Waals surface area contributed by atoms with Crippen LogP contribution >= 0.6 is 0 Å². The average Bonchev–Trinajstić information content (AvgIpc) is 2.75. The molecule has 0 saturated carbocycles. The Balaban J connectivity index is 2.16. The van der Waals surface area contributed by atoms with Gasteiger partial charge in [-0.1, -0.05) is 5.10 Å². The molecule has 0 bridgehead atoms. The monoisotopic (exact) mass is 182 g/mol. The lowest BCUT2D eigenvalue weighted by atomic mass is 10.4. The van der Waals surface area contributed by atoms with Crippen LogP contribution in [0.5, 0.6) is 0 Å². The van der Waals surface area contributed by atoms with E-state index < -0.39 is 4.92 Å². The van der Waals surface area contributed by atoms with Gasteiger partial charge in [-0.2, -0.15) is 0 Å². The fourth-order valence-electron chi connectivity index (χ4n) is 1.50.